The first kappa shape index (κ1) is 35.5. The summed E-state index contributed by atoms with van der Waals surface area (Å²) in [7, 11) is 2.78. The number of hydrogen-bond acceptors (Lipinski definition) is 9. The van der Waals surface area contributed by atoms with Gasteiger partial charge in [0.15, 0.2) is 5.79 Å². The van der Waals surface area contributed by atoms with Gasteiger partial charge in [0, 0.05) is 47.4 Å². The van der Waals surface area contributed by atoms with Crippen LogP contribution in [0.25, 0.3) is 11.3 Å². The number of aliphatic hydroxyl groups is 1. The molecule has 0 saturated heterocycles. The number of hydrogen-bond donors (Lipinski definition) is 5. The highest BCUT2D eigenvalue weighted by molar-refractivity contribution is 6.31. The number of allylic oxidation sites excluding steroid dienone is 2. The third kappa shape index (κ3) is 6.52. The highest BCUT2D eigenvalue weighted by atomic mass is 35.5. The lowest BCUT2D eigenvalue weighted by atomic mass is 9.80. The molecule has 2 amide bonds. The van der Waals surface area contributed by atoms with Gasteiger partial charge >= 0.3 is 0 Å². The number of methoxy groups -OCH3 is 2. The third-order valence-electron chi connectivity index (χ3n) is 9.17. The van der Waals surface area contributed by atoms with Crippen molar-refractivity contribution in [2.45, 2.75) is 36.6 Å². The minimum Gasteiger partial charge on any atom is -0.497 e. The van der Waals surface area contributed by atoms with Crippen LogP contribution >= 0.6 is 11.6 Å². The number of nitrogens with two attached hydrogens (primary N) is 1. The number of halogens is 4. The number of carbonyl (C=O) groups excluding carboxylic acids is 2. The maximum Gasteiger partial charge on any atom is 0.251 e. The maximum absolute atomic E-state index is 15.4. The maximum atomic E-state index is 15.4. The Kier molecular flexibility index (Phi) is 9.10. The Hall–Kier alpha value is -5.34. The number of alkyl halides is 1. The molecule has 2 aliphatic carbocycles. The van der Waals surface area contributed by atoms with Gasteiger partial charge in [0.05, 0.1) is 31.5 Å². The van der Waals surface area contributed by atoms with E-state index >= 15 is 4.39 Å². The third-order valence-corrected chi connectivity index (χ3v) is 9.46. The zero-order valence-electron chi connectivity index (χ0n) is 27.6. The van der Waals surface area contributed by atoms with Crippen molar-refractivity contribution in [3.05, 3.63) is 111 Å². The molecule has 3 aliphatic rings. The fourth-order valence-electron chi connectivity index (χ4n) is 5.71. The van der Waals surface area contributed by atoms with Crippen LogP contribution < -0.4 is 25.8 Å². The van der Waals surface area contributed by atoms with Crippen molar-refractivity contribution in [1.82, 2.24) is 15.6 Å². The lowest BCUT2D eigenvalue weighted by Gasteiger charge is -2.31. The Bertz CT molecular complexity index is 2070. The fourth-order valence-corrected chi connectivity index (χ4v) is 5.87. The number of nitrogens with one attached hydrogen (secondary N) is 3. The number of aromatic nitrogens is 1. The van der Waals surface area contributed by atoms with Gasteiger partial charge in [-0.05, 0) is 48.9 Å². The zero-order chi connectivity index (χ0) is 36.9. The van der Waals surface area contributed by atoms with Crippen LogP contribution in [0.1, 0.15) is 36.6 Å². The van der Waals surface area contributed by atoms with Gasteiger partial charge in [-0.25, -0.2) is 18.2 Å². The quantitative estimate of drug-likeness (QED) is 0.141. The van der Waals surface area contributed by atoms with Gasteiger partial charge in [0.2, 0.25) is 5.91 Å². The van der Waals surface area contributed by atoms with Crippen LogP contribution in [0, 0.1) is 17.0 Å². The summed E-state index contributed by atoms with van der Waals surface area (Å²) in [5.41, 5.74) is 2.02. The minimum atomic E-state index is -2.18. The summed E-state index contributed by atoms with van der Waals surface area (Å²) in [6.45, 7) is 0.730. The van der Waals surface area contributed by atoms with E-state index in [1.54, 1.807) is 12.1 Å². The summed E-state index contributed by atoms with van der Waals surface area (Å²) in [6.07, 6.45) is 4.61. The van der Waals surface area contributed by atoms with E-state index in [-0.39, 0.29) is 63.1 Å². The van der Waals surface area contributed by atoms with Crippen LogP contribution in [-0.4, -0.2) is 60.8 Å². The number of benzene rings is 2. The molecule has 0 bridgehead atoms. The molecule has 3 aromatic rings. The zero-order valence-corrected chi connectivity index (χ0v) is 28.4. The first-order chi connectivity index (χ1) is 24.1. The van der Waals surface area contributed by atoms with E-state index in [4.69, 9.17) is 37.0 Å². The monoisotopic (exact) mass is 723 g/mol. The van der Waals surface area contributed by atoms with Gasteiger partial charge in [-0.3, -0.25) is 15.0 Å². The van der Waals surface area contributed by atoms with E-state index in [1.807, 2.05) is 0 Å². The Morgan fingerprint density at radius 1 is 1.14 bits per heavy atom. The molecule has 1 aliphatic heterocycles. The predicted octanol–water partition coefficient (Wildman–Crippen LogP) is 4.60. The summed E-state index contributed by atoms with van der Waals surface area (Å²) in [6, 6.07) is 9.16. The van der Waals surface area contributed by atoms with Crippen molar-refractivity contribution < 1.29 is 42.1 Å². The topological polar surface area (TPSA) is 169 Å². The van der Waals surface area contributed by atoms with Gasteiger partial charge in [0.25, 0.3) is 5.91 Å². The molecule has 6 rings (SSSR count). The largest absolute Gasteiger partial charge is 0.497 e. The van der Waals surface area contributed by atoms with E-state index < -0.39 is 51.8 Å². The number of nitrogens with zero attached hydrogens (tertiary/aromatic N) is 1. The van der Waals surface area contributed by atoms with Crippen LogP contribution in [-0.2, 0) is 25.3 Å². The first-order valence-corrected chi connectivity index (χ1v) is 16.0. The van der Waals surface area contributed by atoms with E-state index in [0.29, 0.717) is 24.7 Å². The molecule has 2 aromatic carbocycles. The van der Waals surface area contributed by atoms with Gasteiger partial charge < -0.3 is 35.7 Å². The molecule has 1 saturated carbocycles. The number of ether oxygens (including phenoxy) is 3. The summed E-state index contributed by atoms with van der Waals surface area (Å²) < 4.78 is 60.3. The molecule has 1 fully saturated rings. The molecule has 2 heterocycles. The second kappa shape index (κ2) is 13.1. The van der Waals surface area contributed by atoms with Gasteiger partial charge in [0.1, 0.15) is 57.9 Å². The molecule has 2 atom stereocenters. The Morgan fingerprint density at radius 2 is 1.84 bits per heavy atom. The van der Waals surface area contributed by atoms with E-state index in [9.17, 15) is 23.5 Å². The minimum absolute atomic E-state index is 0.0241. The Labute approximate surface area is 295 Å². The number of pyridine rings is 1. The SMILES string of the molecule is COC1=CC(C(=O)NC[C@@](O)(c2ccc(OC)cc2)c2cc3c(c(-c4cc(Cl)c(F)cc4F)n2)OC[C@]3(C)C(N)=O)=C/C(=C/NC2(F)CC2)C1=N. The molecule has 266 valence electrons. The predicted molar refractivity (Wildman–Crippen MR) is 181 cm³/mol. The molecule has 1 aromatic heterocycles. The average Bonchev–Trinajstić information content (AvgIpc) is 3.76. The molecular weight excluding hydrogens is 691 g/mol. The summed E-state index contributed by atoms with van der Waals surface area (Å²) in [5, 5.41) is 25.9. The normalized spacial score (nSPS) is 20.7. The molecule has 6 N–H and O–H groups in total. The fraction of sp³-hybridized carbons (Fsp3) is 0.278. The molecule has 15 heteroatoms. The standard InChI is InChI=1S/C36H33ClF3N5O6/c1-34(33(42)47)17-51-31-23(34)13-28(45-30(31)22-12-24(37)26(39)14-25(22)38)36(48,20-4-6-21(49-2)7-5-20)16-43-32(46)18-10-19(15-44-35(40)8-9-35)29(41)27(11-18)50-3/h4-7,10-15,41,44,48H,8-9,16-17H2,1-3H3,(H2,42,47)(H,43,46)/b19-15-,41-29?/t34-,36+/m0/s1. The van der Waals surface area contributed by atoms with E-state index in [1.165, 1.54) is 57.7 Å². The van der Waals surface area contributed by atoms with Gasteiger partial charge in [-0.1, -0.05) is 23.7 Å². The number of amides is 2. The molecule has 0 radical (unpaired) electrons. The first-order valence-electron chi connectivity index (χ1n) is 15.6. The van der Waals surface area contributed by atoms with Crippen LogP contribution in [0.2, 0.25) is 5.02 Å². The van der Waals surface area contributed by atoms with Crippen molar-refractivity contribution in [3.8, 4) is 22.8 Å². The number of primary amides is 1. The van der Waals surface area contributed by atoms with Crippen LogP contribution in [0.3, 0.4) is 0 Å². The average molecular weight is 724 g/mol. The molecule has 11 nitrogen and oxygen atoms in total. The number of carbonyl (C=O) groups is 2. The van der Waals surface area contributed by atoms with Crippen molar-refractivity contribution in [1.29, 1.82) is 5.41 Å². The van der Waals surface area contributed by atoms with E-state index in [2.05, 4.69) is 15.6 Å². The second-order valence-electron chi connectivity index (χ2n) is 12.6. The summed E-state index contributed by atoms with van der Waals surface area (Å²) >= 11 is 6.04. The number of fused-ring (bicyclic) bond motifs is 1. The van der Waals surface area contributed by atoms with Crippen LogP contribution in [0.4, 0.5) is 13.2 Å². The molecular formula is C36H33ClF3N5O6. The summed E-state index contributed by atoms with van der Waals surface area (Å²) in [4.78, 5) is 31.1. The van der Waals surface area contributed by atoms with Gasteiger partial charge in [-0.2, -0.15) is 0 Å². The molecule has 0 unspecified atom stereocenters. The van der Waals surface area contributed by atoms with Gasteiger partial charge in [-0.15, -0.1) is 0 Å². The smallest absolute Gasteiger partial charge is 0.251 e. The Morgan fingerprint density at radius 3 is 2.47 bits per heavy atom. The second-order valence-corrected chi connectivity index (χ2v) is 13.0. The van der Waals surface area contributed by atoms with Crippen molar-refractivity contribution >= 4 is 29.1 Å². The van der Waals surface area contributed by atoms with E-state index in [0.717, 1.165) is 6.07 Å². The van der Waals surface area contributed by atoms with Crippen molar-refractivity contribution in [3.63, 3.8) is 0 Å². The summed E-state index contributed by atoms with van der Waals surface area (Å²) in [5.74, 6) is -4.66. The van der Waals surface area contributed by atoms with Crippen molar-refractivity contribution in [2.75, 3.05) is 27.4 Å². The highest BCUT2D eigenvalue weighted by Crippen LogP contribution is 2.47. The van der Waals surface area contributed by atoms with Crippen molar-refractivity contribution in [2.24, 2.45) is 5.73 Å². The molecule has 0 spiro atoms. The van der Waals surface area contributed by atoms with Crippen LogP contribution in [0.5, 0.6) is 11.5 Å². The molecule has 51 heavy (non-hydrogen) atoms. The Balaban J connectivity index is 1.46. The van der Waals surface area contributed by atoms with Crippen LogP contribution in [0.15, 0.2) is 77.7 Å². The lowest BCUT2D eigenvalue weighted by Crippen LogP contribution is -2.43. The lowest BCUT2D eigenvalue weighted by molar-refractivity contribution is -0.123. The number of rotatable bonds is 11. The highest BCUT2D eigenvalue weighted by Gasteiger charge is 2.46.